The first-order chi connectivity index (χ1) is 9.36. The van der Waals surface area contributed by atoms with Gasteiger partial charge in [0.05, 0.1) is 12.8 Å². The van der Waals surface area contributed by atoms with E-state index >= 15 is 0 Å². The van der Waals surface area contributed by atoms with E-state index in [2.05, 4.69) is 5.10 Å². The van der Waals surface area contributed by atoms with Gasteiger partial charge in [0.1, 0.15) is 0 Å². The van der Waals surface area contributed by atoms with Crippen LogP contribution in [0.5, 0.6) is 5.75 Å². The van der Waals surface area contributed by atoms with Crippen LogP contribution in [0.1, 0.15) is 5.56 Å². The van der Waals surface area contributed by atoms with Gasteiger partial charge < -0.3 is 17.7 Å². The SMILES string of the molecule is Cn1cc(CCOc2cc([B-](F)(F)F)ccc2F)cn1. The van der Waals surface area contributed by atoms with Crippen molar-refractivity contribution in [3.05, 3.63) is 42.0 Å². The summed E-state index contributed by atoms with van der Waals surface area (Å²) in [6.45, 7) is -5.08. The highest BCUT2D eigenvalue weighted by Gasteiger charge is 2.26. The molecule has 0 N–H and O–H groups in total. The van der Waals surface area contributed by atoms with E-state index in [4.69, 9.17) is 4.74 Å². The number of rotatable bonds is 5. The maximum absolute atomic E-state index is 13.4. The van der Waals surface area contributed by atoms with Crippen LogP contribution in [-0.4, -0.2) is 23.4 Å². The lowest BCUT2D eigenvalue weighted by atomic mass is 9.80. The molecule has 0 radical (unpaired) electrons. The van der Waals surface area contributed by atoms with E-state index in [1.54, 1.807) is 24.1 Å². The summed E-state index contributed by atoms with van der Waals surface area (Å²) in [5.41, 5.74) is -0.00752. The molecule has 0 aliphatic carbocycles. The molecule has 0 aliphatic rings. The van der Waals surface area contributed by atoms with Gasteiger partial charge in [-0.1, -0.05) is 6.07 Å². The lowest BCUT2D eigenvalue weighted by Crippen LogP contribution is -2.34. The summed E-state index contributed by atoms with van der Waals surface area (Å²) in [6, 6.07) is 2.17. The van der Waals surface area contributed by atoms with E-state index in [1.165, 1.54) is 0 Å². The predicted molar refractivity (Wildman–Crippen MR) is 67.5 cm³/mol. The van der Waals surface area contributed by atoms with Gasteiger partial charge >= 0.3 is 6.98 Å². The Kier molecular flexibility index (Phi) is 4.01. The fourth-order valence-corrected chi connectivity index (χ4v) is 1.71. The summed E-state index contributed by atoms with van der Waals surface area (Å²) in [7, 11) is 1.75. The molecule has 8 heteroatoms. The van der Waals surface area contributed by atoms with E-state index in [-0.39, 0.29) is 12.4 Å². The van der Waals surface area contributed by atoms with E-state index in [9.17, 15) is 17.3 Å². The second-order valence-electron chi connectivity index (χ2n) is 4.39. The number of aromatic nitrogens is 2. The summed E-state index contributed by atoms with van der Waals surface area (Å²) in [6.07, 6.45) is 3.82. The Hall–Kier alpha value is -1.99. The van der Waals surface area contributed by atoms with Gasteiger partial charge in [0.15, 0.2) is 11.6 Å². The Morgan fingerprint density at radius 2 is 2.05 bits per heavy atom. The zero-order valence-electron chi connectivity index (χ0n) is 10.7. The molecule has 1 heterocycles. The third-order valence-corrected chi connectivity index (χ3v) is 2.74. The first-order valence-corrected chi connectivity index (χ1v) is 5.96. The maximum Gasteiger partial charge on any atom is 0.509 e. The minimum atomic E-state index is -5.16. The van der Waals surface area contributed by atoms with Crippen LogP contribution < -0.4 is 10.2 Å². The molecule has 2 rings (SSSR count). The van der Waals surface area contributed by atoms with Crippen molar-refractivity contribution in [2.75, 3.05) is 6.61 Å². The summed E-state index contributed by atoms with van der Waals surface area (Å²) >= 11 is 0. The van der Waals surface area contributed by atoms with E-state index < -0.39 is 18.3 Å². The van der Waals surface area contributed by atoms with Gasteiger partial charge in [-0.05, 0) is 17.7 Å². The van der Waals surface area contributed by atoms with E-state index in [1.807, 2.05) is 0 Å². The number of benzene rings is 1. The van der Waals surface area contributed by atoms with Gasteiger partial charge in [0.25, 0.3) is 0 Å². The summed E-state index contributed by atoms with van der Waals surface area (Å²) in [4.78, 5) is 0. The van der Waals surface area contributed by atoms with Crippen LogP contribution in [-0.2, 0) is 13.5 Å². The van der Waals surface area contributed by atoms with Crippen molar-refractivity contribution in [1.82, 2.24) is 9.78 Å². The zero-order valence-corrected chi connectivity index (χ0v) is 10.7. The van der Waals surface area contributed by atoms with Crippen molar-refractivity contribution in [1.29, 1.82) is 0 Å². The van der Waals surface area contributed by atoms with E-state index in [0.717, 1.165) is 11.6 Å². The van der Waals surface area contributed by atoms with Crippen LogP contribution in [0.4, 0.5) is 17.3 Å². The summed E-state index contributed by atoms with van der Waals surface area (Å²) < 4.78 is 57.8. The maximum atomic E-state index is 13.4. The molecule has 3 nitrogen and oxygen atoms in total. The molecule has 0 aliphatic heterocycles. The second-order valence-corrected chi connectivity index (χ2v) is 4.39. The molecule has 0 bridgehead atoms. The van der Waals surface area contributed by atoms with Crippen LogP contribution in [0.25, 0.3) is 0 Å². The Bertz CT molecular complexity index is 597. The van der Waals surface area contributed by atoms with Gasteiger partial charge in [-0.2, -0.15) is 5.10 Å². The molecule has 0 saturated heterocycles. The first-order valence-electron chi connectivity index (χ1n) is 5.96. The second kappa shape index (κ2) is 5.56. The quantitative estimate of drug-likeness (QED) is 0.623. The average molecular weight is 287 g/mol. The minimum absolute atomic E-state index is 0.0803. The summed E-state index contributed by atoms with van der Waals surface area (Å²) in [5, 5.41) is 3.95. The predicted octanol–water partition coefficient (Wildman–Crippen LogP) is 2.24. The number of nitrogens with zero attached hydrogens (tertiary/aromatic N) is 2. The van der Waals surface area contributed by atoms with Crippen molar-refractivity contribution < 1.29 is 22.1 Å². The molecule has 0 unspecified atom stereocenters. The lowest BCUT2D eigenvalue weighted by Gasteiger charge is -2.16. The molecule has 20 heavy (non-hydrogen) atoms. The highest BCUT2D eigenvalue weighted by molar-refractivity contribution is 6.73. The molecular formula is C12H12BF4N2O-. The highest BCUT2D eigenvalue weighted by Crippen LogP contribution is 2.18. The number of aryl methyl sites for hydroxylation is 1. The highest BCUT2D eigenvalue weighted by atomic mass is 19.4. The van der Waals surface area contributed by atoms with Crippen LogP contribution in [0.15, 0.2) is 30.6 Å². The zero-order chi connectivity index (χ0) is 14.8. The topological polar surface area (TPSA) is 27.1 Å². The van der Waals surface area contributed by atoms with Crippen molar-refractivity contribution in [3.8, 4) is 5.75 Å². The monoisotopic (exact) mass is 287 g/mol. The smallest absolute Gasteiger partial charge is 0.490 e. The van der Waals surface area contributed by atoms with Gasteiger partial charge in [0.2, 0.25) is 0 Å². The van der Waals surface area contributed by atoms with Crippen molar-refractivity contribution in [2.24, 2.45) is 7.05 Å². The molecular weight excluding hydrogens is 275 g/mol. The summed E-state index contributed by atoms with van der Waals surface area (Å²) in [5.74, 6) is -1.19. The first kappa shape index (κ1) is 14.4. The van der Waals surface area contributed by atoms with Crippen LogP contribution >= 0.6 is 0 Å². The fourth-order valence-electron chi connectivity index (χ4n) is 1.71. The van der Waals surface area contributed by atoms with E-state index in [0.29, 0.717) is 18.6 Å². The number of ether oxygens (including phenoxy) is 1. The van der Waals surface area contributed by atoms with Gasteiger partial charge in [-0.3, -0.25) is 4.68 Å². The third kappa shape index (κ3) is 3.52. The van der Waals surface area contributed by atoms with Crippen LogP contribution in [0.2, 0.25) is 0 Å². The molecule has 1 aromatic heterocycles. The molecule has 0 saturated carbocycles. The Balaban J connectivity index is 2.02. The average Bonchev–Trinajstić information content (AvgIpc) is 2.76. The normalized spacial score (nSPS) is 11.7. The standard InChI is InChI=1S/C12H12BF4N2O/c1-19-8-9(7-18-19)4-5-20-12-6-10(13(15,16)17)2-3-11(12)14/h2-3,6-8H,4-5H2,1H3/q-1. The number of hydrogen-bond donors (Lipinski definition) is 0. The molecule has 0 fully saturated rings. The molecule has 0 amide bonds. The van der Waals surface area contributed by atoms with Gasteiger partial charge in [-0.25, -0.2) is 4.39 Å². The van der Waals surface area contributed by atoms with Gasteiger partial charge in [0, 0.05) is 19.7 Å². The lowest BCUT2D eigenvalue weighted by molar-refractivity contribution is 0.305. The van der Waals surface area contributed by atoms with Crippen LogP contribution in [0, 0.1) is 5.82 Å². The number of hydrogen-bond acceptors (Lipinski definition) is 2. The third-order valence-electron chi connectivity index (χ3n) is 2.74. The van der Waals surface area contributed by atoms with Crippen molar-refractivity contribution in [2.45, 2.75) is 6.42 Å². The Labute approximate surface area is 113 Å². The molecule has 2 aromatic rings. The Morgan fingerprint density at radius 3 is 2.65 bits per heavy atom. The van der Waals surface area contributed by atoms with Gasteiger partial charge in [-0.15, -0.1) is 5.46 Å². The van der Waals surface area contributed by atoms with Crippen molar-refractivity contribution in [3.63, 3.8) is 0 Å². The Morgan fingerprint density at radius 1 is 1.30 bits per heavy atom. The fraction of sp³-hybridized carbons (Fsp3) is 0.250. The molecule has 1 aromatic carbocycles. The largest absolute Gasteiger partial charge is 0.509 e. The molecule has 0 atom stereocenters. The van der Waals surface area contributed by atoms with Crippen molar-refractivity contribution >= 4 is 12.4 Å². The minimum Gasteiger partial charge on any atom is -0.490 e. The molecule has 108 valence electrons. The molecule has 0 spiro atoms. The number of halogens is 4. The van der Waals surface area contributed by atoms with Crippen LogP contribution in [0.3, 0.4) is 0 Å².